The number of rotatable bonds is 21. The van der Waals surface area contributed by atoms with E-state index in [2.05, 4.69) is 32.9 Å². The van der Waals surface area contributed by atoms with Gasteiger partial charge in [-0.1, -0.05) is 43.2 Å². The first-order valence-corrected chi connectivity index (χ1v) is 18.1. The zero-order chi connectivity index (χ0) is 36.6. The lowest BCUT2D eigenvalue weighted by Crippen LogP contribution is -2.54. The number of ether oxygens (including phenoxy) is 1. The maximum atomic E-state index is 13.4. The van der Waals surface area contributed by atoms with E-state index >= 15 is 0 Å². The zero-order valence-corrected chi connectivity index (χ0v) is 30.1. The Kier molecular flexibility index (Phi) is 17.2. The molecule has 14 nitrogen and oxygen atoms in total. The fourth-order valence-electron chi connectivity index (χ4n) is 4.65. The van der Waals surface area contributed by atoms with Crippen molar-refractivity contribution in [2.75, 3.05) is 18.4 Å². The molecule has 7 amide bonds. The smallest absolute Gasteiger partial charge is 0.322 e. The van der Waals surface area contributed by atoms with Gasteiger partial charge in [0.15, 0.2) is 0 Å². The van der Waals surface area contributed by atoms with E-state index in [0.29, 0.717) is 49.9 Å². The second-order valence-electron chi connectivity index (χ2n) is 12.5. The Morgan fingerprint density at radius 3 is 2.16 bits per heavy atom. The Balaban J connectivity index is 1.97. The van der Waals surface area contributed by atoms with Gasteiger partial charge in [0, 0.05) is 37.3 Å². The van der Waals surface area contributed by atoms with Crippen LogP contribution in [-0.2, 0) is 40.1 Å². The van der Waals surface area contributed by atoms with Gasteiger partial charge in [-0.25, -0.2) is 4.79 Å². The third-order valence-corrected chi connectivity index (χ3v) is 9.61. The third-order valence-electron chi connectivity index (χ3n) is 7.61. The van der Waals surface area contributed by atoms with Gasteiger partial charge < -0.3 is 31.7 Å². The van der Waals surface area contributed by atoms with E-state index in [-0.39, 0.29) is 49.6 Å². The Labute approximate surface area is 296 Å². The molecule has 0 saturated carbocycles. The minimum Gasteiger partial charge on any atom is -0.460 e. The average molecular weight is 721 g/mol. The first-order valence-electron chi connectivity index (χ1n) is 16.2. The number of nitrogens with zero attached hydrogens (tertiary/aromatic N) is 1. The predicted molar refractivity (Wildman–Crippen MR) is 190 cm³/mol. The largest absolute Gasteiger partial charge is 0.460 e. The van der Waals surface area contributed by atoms with Crippen LogP contribution in [0.4, 0.5) is 10.5 Å². The van der Waals surface area contributed by atoms with Crippen molar-refractivity contribution in [2.45, 2.75) is 96.1 Å². The number of carbonyl (C=O) groups excluding carboxylic acids is 7. The van der Waals surface area contributed by atoms with E-state index < -0.39 is 40.6 Å². The summed E-state index contributed by atoms with van der Waals surface area (Å²) >= 11 is 4.10. The lowest BCUT2D eigenvalue weighted by atomic mass is 10.0. The second kappa shape index (κ2) is 20.5. The molecule has 1 aliphatic rings. The van der Waals surface area contributed by atoms with Crippen LogP contribution in [0.5, 0.6) is 0 Å². The van der Waals surface area contributed by atoms with Gasteiger partial charge in [-0.3, -0.25) is 33.7 Å². The van der Waals surface area contributed by atoms with Crippen molar-refractivity contribution in [1.82, 2.24) is 20.9 Å². The Morgan fingerprint density at radius 2 is 1.57 bits per heavy atom. The van der Waals surface area contributed by atoms with Crippen LogP contribution in [0.25, 0.3) is 0 Å². The number of carbonyl (C=O) groups is 7. The summed E-state index contributed by atoms with van der Waals surface area (Å²) in [5, 5.41) is 10.9. The fraction of sp³-hybridized carbons (Fsp3) is 0.545. The monoisotopic (exact) mass is 720 g/mol. The molecule has 0 fully saturated rings. The minimum absolute atomic E-state index is 0.0451. The molecule has 0 radical (unpaired) electrons. The number of thiol groups is 1. The van der Waals surface area contributed by atoms with Crippen molar-refractivity contribution < 1.29 is 38.3 Å². The van der Waals surface area contributed by atoms with E-state index in [1.807, 2.05) is 0 Å². The average Bonchev–Trinajstić information content (AvgIpc) is 3.37. The number of anilines is 1. The lowest BCUT2D eigenvalue weighted by molar-refractivity contribution is -0.147. The Hall–Kier alpha value is -4.05. The molecule has 1 aromatic rings. The van der Waals surface area contributed by atoms with Gasteiger partial charge in [-0.05, 0) is 69.6 Å². The summed E-state index contributed by atoms with van der Waals surface area (Å²) in [4.78, 5) is 87.3. The number of hydrogen-bond donors (Lipinski definition) is 6. The fourth-order valence-corrected chi connectivity index (χ4v) is 5.01. The SMILES string of the molecule is CC(C)[C@@H](NC(=O)CCCCCN1C(=O)C=CC1=O)C(=O)N[C@H](CCCCNC(N)=O)C(=O)Nc1ccc(COC(=O)C(C)(C)SS)cc1. The molecule has 6 N–H and O–H groups in total. The number of unbranched alkanes of at least 4 members (excludes halogenated alkanes) is 3. The maximum Gasteiger partial charge on any atom is 0.322 e. The number of urea groups is 1. The number of primary amides is 1. The molecule has 2 rings (SSSR count). The summed E-state index contributed by atoms with van der Waals surface area (Å²) in [7, 11) is 1.09. The highest BCUT2D eigenvalue weighted by Gasteiger charge is 2.30. The molecule has 49 heavy (non-hydrogen) atoms. The summed E-state index contributed by atoms with van der Waals surface area (Å²) in [6.45, 7) is 7.61. The molecule has 1 aromatic carbocycles. The molecular formula is C33H48N6O8S2. The van der Waals surface area contributed by atoms with Crippen molar-refractivity contribution in [2.24, 2.45) is 11.7 Å². The summed E-state index contributed by atoms with van der Waals surface area (Å²) in [5.41, 5.74) is 6.30. The van der Waals surface area contributed by atoms with Crippen molar-refractivity contribution in [1.29, 1.82) is 0 Å². The number of amides is 7. The highest BCUT2D eigenvalue weighted by Crippen LogP contribution is 2.29. The van der Waals surface area contributed by atoms with Gasteiger partial charge in [0.05, 0.1) is 0 Å². The van der Waals surface area contributed by atoms with Gasteiger partial charge in [0.2, 0.25) is 17.7 Å². The first-order chi connectivity index (χ1) is 23.1. The van der Waals surface area contributed by atoms with Crippen LogP contribution in [0.15, 0.2) is 36.4 Å². The molecule has 270 valence electrons. The van der Waals surface area contributed by atoms with E-state index in [1.165, 1.54) is 12.2 Å². The molecular weight excluding hydrogens is 673 g/mol. The number of imide groups is 1. The molecule has 0 spiro atoms. The van der Waals surface area contributed by atoms with Crippen molar-refractivity contribution in [3.05, 3.63) is 42.0 Å². The van der Waals surface area contributed by atoms with Gasteiger partial charge in [0.1, 0.15) is 23.4 Å². The van der Waals surface area contributed by atoms with Crippen LogP contribution in [0.2, 0.25) is 0 Å². The Bertz CT molecular complexity index is 1350. The van der Waals surface area contributed by atoms with Crippen LogP contribution in [0, 0.1) is 5.92 Å². The normalized spacial score (nSPS) is 14.0. The summed E-state index contributed by atoms with van der Waals surface area (Å²) in [6, 6.07) is 4.22. The standard InChI is InChI=1S/C33H48N6O8S2/c1-21(2)28(38-25(40)11-6-5-9-19-39-26(41)16-17-27(39)42)30(44)37-24(10-7-8-18-35-32(34)46)29(43)36-23-14-12-22(13-15-23)20-47-31(45)33(3,4)49-48/h12-17,21,24,28,48H,5-11,18-20H2,1-4H3,(H,36,43)(H,37,44)(H,38,40)(H3,34,35,46)/t24-,28-/m1/s1. The van der Waals surface area contributed by atoms with Crippen LogP contribution in [0.1, 0.15) is 78.2 Å². The maximum absolute atomic E-state index is 13.4. The zero-order valence-electron chi connectivity index (χ0n) is 28.4. The van der Waals surface area contributed by atoms with Gasteiger partial charge in [-0.2, -0.15) is 0 Å². The van der Waals surface area contributed by atoms with Crippen molar-refractivity contribution >= 4 is 69.7 Å². The number of benzene rings is 1. The van der Waals surface area contributed by atoms with E-state index in [9.17, 15) is 33.6 Å². The van der Waals surface area contributed by atoms with E-state index in [1.54, 1.807) is 52.0 Å². The van der Waals surface area contributed by atoms with E-state index in [4.69, 9.17) is 10.5 Å². The van der Waals surface area contributed by atoms with E-state index in [0.717, 1.165) is 15.7 Å². The highest BCUT2D eigenvalue weighted by molar-refractivity contribution is 8.69. The first kappa shape index (κ1) is 41.1. The molecule has 1 heterocycles. The molecule has 0 aliphatic carbocycles. The molecule has 0 unspecified atom stereocenters. The van der Waals surface area contributed by atoms with Gasteiger partial charge in [-0.15, -0.1) is 11.7 Å². The van der Waals surface area contributed by atoms with Crippen molar-refractivity contribution in [3.8, 4) is 0 Å². The molecule has 1 aliphatic heterocycles. The number of esters is 1. The molecule has 16 heteroatoms. The van der Waals surface area contributed by atoms with Gasteiger partial charge in [0.25, 0.3) is 11.8 Å². The summed E-state index contributed by atoms with van der Waals surface area (Å²) < 4.78 is 4.56. The predicted octanol–water partition coefficient (Wildman–Crippen LogP) is 2.97. The summed E-state index contributed by atoms with van der Waals surface area (Å²) in [6.07, 6.45) is 5.51. The molecule has 2 atom stereocenters. The third kappa shape index (κ3) is 14.5. The van der Waals surface area contributed by atoms with Gasteiger partial charge >= 0.3 is 12.0 Å². The number of nitrogens with two attached hydrogens (primary N) is 1. The topological polar surface area (TPSA) is 206 Å². The molecule has 0 bridgehead atoms. The quantitative estimate of drug-likeness (QED) is 0.0363. The van der Waals surface area contributed by atoms with Crippen molar-refractivity contribution in [3.63, 3.8) is 0 Å². The van der Waals surface area contributed by atoms with Crippen LogP contribution < -0.4 is 27.0 Å². The highest BCUT2D eigenvalue weighted by atomic mass is 33.1. The van der Waals surface area contributed by atoms with Crippen LogP contribution in [0.3, 0.4) is 0 Å². The number of hydrogen-bond acceptors (Lipinski definition) is 10. The van der Waals surface area contributed by atoms with Crippen LogP contribution >= 0.6 is 22.5 Å². The molecule has 0 saturated heterocycles. The Morgan fingerprint density at radius 1 is 0.918 bits per heavy atom. The van der Waals surface area contributed by atoms with Crippen LogP contribution in [-0.4, -0.2) is 76.4 Å². The minimum atomic E-state index is -0.952. The second-order valence-corrected chi connectivity index (χ2v) is 14.2. The lowest BCUT2D eigenvalue weighted by Gasteiger charge is -2.25. The molecule has 0 aromatic heterocycles. The number of nitrogens with one attached hydrogen (secondary N) is 4. The summed E-state index contributed by atoms with van der Waals surface area (Å²) in [5.74, 6) is -2.70.